The summed E-state index contributed by atoms with van der Waals surface area (Å²) < 4.78 is 76.5. The van der Waals surface area contributed by atoms with Crippen LogP contribution in [-0.2, 0) is 9.53 Å². The van der Waals surface area contributed by atoms with E-state index >= 15 is 0 Å². The van der Waals surface area contributed by atoms with Gasteiger partial charge in [0.25, 0.3) is 5.92 Å². The van der Waals surface area contributed by atoms with Gasteiger partial charge in [0.05, 0.1) is 11.6 Å². The van der Waals surface area contributed by atoms with Gasteiger partial charge in [0.2, 0.25) is 0 Å². The Morgan fingerprint density at radius 3 is 2.55 bits per heavy atom. The summed E-state index contributed by atoms with van der Waals surface area (Å²) in [5.41, 5.74) is 1.08. The van der Waals surface area contributed by atoms with E-state index in [9.17, 15) is 26.7 Å². The van der Waals surface area contributed by atoms with Crippen LogP contribution in [0.15, 0.2) is 48.7 Å². The van der Waals surface area contributed by atoms with E-state index in [1.54, 1.807) is 37.3 Å². The molecule has 0 amide bonds. The average Bonchev–Trinajstić information content (AvgIpc) is 3.00. The summed E-state index contributed by atoms with van der Waals surface area (Å²) in [5, 5.41) is 0. The van der Waals surface area contributed by atoms with Gasteiger partial charge in [-0.2, -0.15) is 0 Å². The van der Waals surface area contributed by atoms with Gasteiger partial charge in [0.15, 0.2) is 0 Å². The summed E-state index contributed by atoms with van der Waals surface area (Å²) in [6.45, 7) is 3.18. The van der Waals surface area contributed by atoms with Crippen molar-refractivity contribution in [2.24, 2.45) is 23.7 Å². The van der Waals surface area contributed by atoms with Gasteiger partial charge < -0.3 is 9.47 Å². The smallest absolute Gasteiger partial charge is 0.462 e. The summed E-state index contributed by atoms with van der Waals surface area (Å²) >= 11 is 0. The molecule has 1 saturated heterocycles. The highest BCUT2D eigenvalue weighted by Gasteiger charge is 2.59. The number of rotatable bonds is 4. The highest BCUT2D eigenvalue weighted by Crippen LogP contribution is 2.52. The van der Waals surface area contributed by atoms with Crippen LogP contribution in [0.2, 0.25) is 0 Å². The van der Waals surface area contributed by atoms with E-state index in [2.05, 4.69) is 9.72 Å². The molecule has 5 atom stereocenters. The van der Waals surface area contributed by atoms with Crippen molar-refractivity contribution in [1.82, 2.24) is 4.98 Å². The van der Waals surface area contributed by atoms with Gasteiger partial charge in [-0.25, -0.2) is 8.78 Å². The maximum Gasteiger partial charge on any atom is 0.573 e. The first-order chi connectivity index (χ1) is 15.5. The molecule has 9 heteroatoms. The number of para-hydroxylation sites is 1. The molecule has 2 fully saturated rings. The van der Waals surface area contributed by atoms with Crippen molar-refractivity contribution in [2.45, 2.75) is 38.7 Å². The highest BCUT2D eigenvalue weighted by molar-refractivity contribution is 5.76. The number of carbonyl (C=O) groups excluding carboxylic acids is 1. The van der Waals surface area contributed by atoms with Gasteiger partial charge in [0, 0.05) is 35.6 Å². The van der Waals surface area contributed by atoms with E-state index in [0.29, 0.717) is 11.3 Å². The van der Waals surface area contributed by atoms with Gasteiger partial charge in [0.1, 0.15) is 11.9 Å². The number of hydrogen-bond donors (Lipinski definition) is 0. The molecule has 0 bridgehead atoms. The van der Waals surface area contributed by atoms with Crippen LogP contribution in [-0.4, -0.2) is 29.3 Å². The normalized spacial score (nSPS) is 29.1. The maximum absolute atomic E-state index is 14.6. The minimum atomic E-state index is -4.83. The summed E-state index contributed by atoms with van der Waals surface area (Å²) in [4.78, 5) is 16.3. The Labute approximate surface area is 187 Å². The standard InChI is InChI=1S/C24H22F5NO3/c1-13-17(21-14(2)32-22(31)19(21)11-23(13,25)26)10-9-16-8-7-15(12-30-16)18-5-3-4-6-20(18)33-24(27,28)29/h3-10,12-14,17,19,21H,11H2,1-2H3/b10-9+/t13-,14+,17-,19?,21?/m0/s1. The molecule has 33 heavy (non-hydrogen) atoms. The predicted molar refractivity (Wildman–Crippen MR) is 110 cm³/mol. The lowest BCUT2D eigenvalue weighted by Crippen LogP contribution is -2.46. The van der Waals surface area contributed by atoms with Crippen molar-refractivity contribution < 1.29 is 36.2 Å². The van der Waals surface area contributed by atoms with Crippen LogP contribution in [0.4, 0.5) is 22.0 Å². The molecule has 176 valence electrons. The number of allylic oxidation sites excluding steroid dienone is 1. The number of halogens is 5. The van der Waals surface area contributed by atoms with Crippen molar-refractivity contribution in [1.29, 1.82) is 0 Å². The zero-order valence-corrected chi connectivity index (χ0v) is 17.9. The first-order valence-electron chi connectivity index (χ1n) is 10.5. The van der Waals surface area contributed by atoms with Gasteiger partial charge in [-0.15, -0.1) is 13.2 Å². The van der Waals surface area contributed by atoms with Crippen molar-refractivity contribution >= 4 is 12.0 Å². The summed E-state index contributed by atoms with van der Waals surface area (Å²) in [5.74, 6) is -6.71. The number of hydrogen-bond acceptors (Lipinski definition) is 4. The van der Waals surface area contributed by atoms with Crippen LogP contribution in [0, 0.1) is 23.7 Å². The van der Waals surface area contributed by atoms with E-state index in [1.807, 2.05) is 0 Å². The summed E-state index contributed by atoms with van der Waals surface area (Å²) in [7, 11) is 0. The third-order valence-corrected chi connectivity index (χ3v) is 6.49. The Balaban J connectivity index is 1.57. The topological polar surface area (TPSA) is 48.4 Å². The molecular formula is C24H22F5NO3. The fourth-order valence-electron chi connectivity index (χ4n) is 4.81. The van der Waals surface area contributed by atoms with Gasteiger partial charge >= 0.3 is 12.3 Å². The molecule has 0 spiro atoms. The fraction of sp³-hybridized carbons (Fsp3) is 0.417. The van der Waals surface area contributed by atoms with Crippen molar-refractivity contribution in [3.8, 4) is 16.9 Å². The molecule has 2 aromatic rings. The third kappa shape index (κ3) is 4.72. The lowest BCUT2D eigenvalue weighted by atomic mass is 9.64. The van der Waals surface area contributed by atoms with Crippen molar-refractivity contribution in [3.63, 3.8) is 0 Å². The number of aromatic nitrogens is 1. The first-order valence-corrected chi connectivity index (χ1v) is 10.5. The van der Waals surface area contributed by atoms with Crippen LogP contribution in [0.1, 0.15) is 26.0 Å². The number of benzene rings is 1. The minimum absolute atomic E-state index is 0.219. The number of pyridine rings is 1. The molecule has 2 unspecified atom stereocenters. The number of esters is 1. The quantitative estimate of drug-likeness (QED) is 0.401. The van der Waals surface area contributed by atoms with Gasteiger partial charge in [-0.3, -0.25) is 9.78 Å². The monoisotopic (exact) mass is 467 g/mol. The molecule has 4 nitrogen and oxygen atoms in total. The minimum Gasteiger partial charge on any atom is -0.462 e. The molecule has 1 saturated carbocycles. The SMILES string of the molecule is C[C@H]1OC(=O)C2CC(F)(F)[C@@H](C)[C@H](/C=C/c3ccc(-c4ccccc4OC(F)(F)F)cn3)C21. The van der Waals surface area contributed by atoms with E-state index in [0.717, 1.165) is 0 Å². The molecule has 1 aromatic carbocycles. The number of alkyl halides is 5. The van der Waals surface area contributed by atoms with Crippen LogP contribution in [0.3, 0.4) is 0 Å². The number of ether oxygens (including phenoxy) is 2. The van der Waals surface area contributed by atoms with E-state index < -0.39 is 48.5 Å². The number of nitrogens with zero attached hydrogens (tertiary/aromatic N) is 1. The molecule has 2 heterocycles. The predicted octanol–water partition coefficient (Wildman–Crippen LogP) is 6.13. The highest BCUT2D eigenvalue weighted by atomic mass is 19.4. The Morgan fingerprint density at radius 2 is 1.88 bits per heavy atom. The lowest BCUT2D eigenvalue weighted by Gasteiger charge is -2.41. The van der Waals surface area contributed by atoms with Crippen LogP contribution < -0.4 is 4.74 Å². The molecular weight excluding hydrogens is 445 g/mol. The molecule has 0 N–H and O–H groups in total. The molecule has 1 aliphatic heterocycles. The molecule has 4 rings (SSSR count). The second-order valence-electron chi connectivity index (χ2n) is 8.53. The van der Waals surface area contributed by atoms with Crippen LogP contribution in [0.25, 0.3) is 17.2 Å². The van der Waals surface area contributed by atoms with Crippen LogP contribution in [0.5, 0.6) is 5.75 Å². The molecule has 2 aliphatic rings. The molecule has 1 aromatic heterocycles. The van der Waals surface area contributed by atoms with Gasteiger partial charge in [-0.1, -0.05) is 37.3 Å². The van der Waals surface area contributed by atoms with Crippen molar-refractivity contribution in [3.05, 3.63) is 54.4 Å². The Bertz CT molecular complexity index is 1050. The number of fused-ring (bicyclic) bond motifs is 1. The van der Waals surface area contributed by atoms with E-state index in [4.69, 9.17) is 4.74 Å². The maximum atomic E-state index is 14.6. The third-order valence-electron chi connectivity index (χ3n) is 6.49. The zero-order valence-electron chi connectivity index (χ0n) is 17.9. The van der Waals surface area contributed by atoms with Crippen LogP contribution >= 0.6 is 0 Å². The number of cyclic esters (lactones) is 1. The number of carbonyl (C=O) groups is 1. The average molecular weight is 467 g/mol. The lowest BCUT2D eigenvalue weighted by molar-refractivity contribution is -0.274. The molecule has 1 aliphatic carbocycles. The Hall–Kier alpha value is -2.97. The summed E-state index contributed by atoms with van der Waals surface area (Å²) in [6, 6.07) is 8.88. The zero-order chi connectivity index (χ0) is 24.0. The van der Waals surface area contributed by atoms with Gasteiger partial charge in [-0.05, 0) is 31.1 Å². The largest absolute Gasteiger partial charge is 0.573 e. The fourth-order valence-corrected chi connectivity index (χ4v) is 4.81. The van der Waals surface area contributed by atoms with E-state index in [1.165, 1.54) is 31.3 Å². The summed E-state index contributed by atoms with van der Waals surface area (Å²) in [6.07, 6.45) is -1.18. The first kappa shape index (κ1) is 23.2. The second-order valence-corrected chi connectivity index (χ2v) is 8.53. The Morgan fingerprint density at radius 1 is 1.15 bits per heavy atom. The van der Waals surface area contributed by atoms with E-state index in [-0.39, 0.29) is 17.2 Å². The second kappa shape index (κ2) is 8.43. The van der Waals surface area contributed by atoms with Crippen molar-refractivity contribution in [2.75, 3.05) is 0 Å². The molecule has 0 radical (unpaired) electrons. The Kier molecular flexibility index (Phi) is 5.92.